The van der Waals surface area contributed by atoms with Crippen LogP contribution >= 0.6 is 0 Å². The summed E-state index contributed by atoms with van der Waals surface area (Å²) < 4.78 is 0. The number of aliphatic carboxylic acids is 3. The van der Waals surface area contributed by atoms with Crippen molar-refractivity contribution in [3.63, 3.8) is 0 Å². The van der Waals surface area contributed by atoms with E-state index in [1.165, 1.54) is 54.7 Å². The second kappa shape index (κ2) is 12.5. The molecule has 0 bridgehead atoms. The van der Waals surface area contributed by atoms with Crippen LogP contribution in [0.5, 0.6) is 0 Å². The van der Waals surface area contributed by atoms with E-state index in [0.29, 0.717) is 0 Å². The Morgan fingerprint density at radius 3 is 0.976 bits per heavy atom. The van der Waals surface area contributed by atoms with Gasteiger partial charge in [-0.2, -0.15) is 0 Å². The lowest BCUT2D eigenvalue weighted by Gasteiger charge is -2.09. The van der Waals surface area contributed by atoms with Gasteiger partial charge in [-0.1, -0.05) is 36.5 Å². The van der Waals surface area contributed by atoms with Crippen molar-refractivity contribution in [1.29, 1.82) is 0 Å². The monoisotopic (exact) mass is 567 g/mol. The zero-order valence-electron chi connectivity index (χ0n) is 21.7. The van der Waals surface area contributed by atoms with Gasteiger partial charge in [0.15, 0.2) is 0 Å². The van der Waals surface area contributed by atoms with E-state index in [9.17, 15) is 44.1 Å². The number of carbonyl (C=O) groups is 6. The fraction of sp³-hybridized carbons (Fsp3) is 0.100. The number of hydrogen-bond acceptors (Lipinski definition) is 6. The van der Waals surface area contributed by atoms with Crippen LogP contribution in [0.25, 0.3) is 0 Å². The van der Waals surface area contributed by atoms with Crippen molar-refractivity contribution in [3.05, 3.63) is 106 Å². The molecule has 3 aliphatic rings. The summed E-state index contributed by atoms with van der Waals surface area (Å²) >= 11 is 0. The Morgan fingerprint density at radius 1 is 0.476 bits per heavy atom. The van der Waals surface area contributed by atoms with Crippen LogP contribution in [-0.2, 0) is 14.4 Å². The van der Waals surface area contributed by atoms with Crippen LogP contribution < -0.4 is 0 Å². The van der Waals surface area contributed by atoms with E-state index in [-0.39, 0.29) is 69.8 Å². The smallest absolute Gasteiger partial charge is 0.331 e. The van der Waals surface area contributed by atoms with Crippen molar-refractivity contribution in [2.24, 2.45) is 15.0 Å². The third-order valence-corrected chi connectivity index (χ3v) is 6.11. The minimum atomic E-state index is -1.17. The number of carboxylic acid groups (broad SMARTS) is 3. The zero-order chi connectivity index (χ0) is 30.4. The Morgan fingerprint density at radius 2 is 0.738 bits per heavy atom. The zero-order valence-corrected chi connectivity index (χ0v) is 21.7. The average Bonchev–Trinajstić information content (AvgIpc) is 2.97. The van der Waals surface area contributed by atoms with Crippen molar-refractivity contribution in [3.8, 4) is 0 Å². The van der Waals surface area contributed by atoms with Crippen molar-refractivity contribution in [1.82, 2.24) is 0 Å². The van der Waals surface area contributed by atoms with E-state index in [0.717, 1.165) is 18.2 Å². The molecule has 3 N–H and O–H groups in total. The number of hydrogen-bond donors (Lipinski definition) is 3. The lowest BCUT2D eigenvalue weighted by atomic mass is 10.0. The molecule has 0 fully saturated rings. The molecule has 42 heavy (non-hydrogen) atoms. The number of amides is 3. The van der Waals surface area contributed by atoms with Gasteiger partial charge in [-0.15, -0.1) is 0 Å². The molecular formula is C30H21N3O9. The minimum absolute atomic E-state index is 0.0149. The van der Waals surface area contributed by atoms with Gasteiger partial charge in [0, 0.05) is 69.8 Å². The highest BCUT2D eigenvalue weighted by atomic mass is 16.4. The minimum Gasteiger partial charge on any atom is -0.478 e. The summed E-state index contributed by atoms with van der Waals surface area (Å²) in [5, 5.41) is 27.7. The molecule has 0 spiro atoms. The molecule has 0 unspecified atom stereocenters. The number of carboxylic acids is 3. The predicted octanol–water partition coefficient (Wildman–Crippen LogP) is 3.34. The molecule has 12 heteroatoms. The summed E-state index contributed by atoms with van der Waals surface area (Å²) in [4.78, 5) is 85.1. The average molecular weight is 568 g/mol. The summed E-state index contributed by atoms with van der Waals surface area (Å²) in [7, 11) is 0. The lowest BCUT2D eigenvalue weighted by Crippen LogP contribution is -2.13. The SMILES string of the molecule is O=C(O)C1=CC=CC(=NC(=O)c2cc(C(=O)N=C3C=CC=C(C(=O)O)C3)cc(C(=O)N=C3C=CC=C(C(=O)O)C3)c2)C1. The van der Waals surface area contributed by atoms with Gasteiger partial charge in [0.05, 0.1) is 0 Å². The molecule has 3 aliphatic carbocycles. The summed E-state index contributed by atoms with van der Waals surface area (Å²) in [6, 6.07) is 3.49. The van der Waals surface area contributed by atoms with Crippen LogP contribution in [0, 0.1) is 0 Å². The molecule has 1 aromatic carbocycles. The van der Waals surface area contributed by atoms with E-state index in [2.05, 4.69) is 15.0 Å². The van der Waals surface area contributed by atoms with Gasteiger partial charge < -0.3 is 15.3 Å². The molecule has 0 saturated carbocycles. The van der Waals surface area contributed by atoms with Gasteiger partial charge in [-0.3, -0.25) is 14.4 Å². The highest BCUT2D eigenvalue weighted by Gasteiger charge is 2.20. The molecule has 1 aromatic rings. The molecular weight excluding hydrogens is 546 g/mol. The summed E-state index contributed by atoms with van der Waals surface area (Å²) in [6.45, 7) is 0. The highest BCUT2D eigenvalue weighted by Crippen LogP contribution is 2.19. The topological polar surface area (TPSA) is 200 Å². The van der Waals surface area contributed by atoms with Gasteiger partial charge in [-0.05, 0) is 36.4 Å². The largest absolute Gasteiger partial charge is 0.478 e. The third-order valence-electron chi connectivity index (χ3n) is 6.11. The van der Waals surface area contributed by atoms with Crippen LogP contribution in [0.2, 0.25) is 0 Å². The van der Waals surface area contributed by atoms with Crippen molar-refractivity contribution >= 4 is 52.8 Å². The van der Waals surface area contributed by atoms with Gasteiger partial charge >= 0.3 is 17.9 Å². The Labute approximate surface area is 237 Å². The molecule has 0 aliphatic heterocycles. The molecule has 4 rings (SSSR count). The molecule has 0 saturated heterocycles. The summed E-state index contributed by atoms with van der Waals surface area (Å²) in [6.07, 6.45) is 12.4. The molecule has 0 radical (unpaired) electrons. The number of nitrogens with zero attached hydrogens (tertiary/aromatic N) is 3. The Hall–Kier alpha value is -5.91. The first-order valence-electron chi connectivity index (χ1n) is 12.3. The first-order valence-corrected chi connectivity index (χ1v) is 12.3. The van der Waals surface area contributed by atoms with Crippen LogP contribution in [0.4, 0.5) is 0 Å². The van der Waals surface area contributed by atoms with Crippen molar-refractivity contribution in [2.45, 2.75) is 19.3 Å². The normalized spacial score (nSPS) is 18.9. The quantitative estimate of drug-likeness (QED) is 0.461. The predicted molar refractivity (Wildman–Crippen MR) is 150 cm³/mol. The Balaban J connectivity index is 1.70. The maximum absolute atomic E-state index is 13.1. The van der Waals surface area contributed by atoms with E-state index in [4.69, 9.17) is 0 Å². The highest BCUT2D eigenvalue weighted by molar-refractivity contribution is 6.16. The lowest BCUT2D eigenvalue weighted by molar-refractivity contribution is -0.133. The molecule has 3 amide bonds. The summed E-state index contributed by atoms with van der Waals surface area (Å²) in [5.74, 6) is -6.12. The van der Waals surface area contributed by atoms with Crippen LogP contribution in [0.15, 0.2) is 105 Å². The fourth-order valence-electron chi connectivity index (χ4n) is 4.02. The third kappa shape index (κ3) is 7.18. The van der Waals surface area contributed by atoms with Gasteiger partial charge in [0.25, 0.3) is 17.7 Å². The van der Waals surface area contributed by atoms with E-state index in [1.54, 1.807) is 0 Å². The second-order valence-corrected chi connectivity index (χ2v) is 9.12. The first-order chi connectivity index (χ1) is 20.0. The number of carbonyl (C=O) groups excluding carboxylic acids is 3. The fourth-order valence-corrected chi connectivity index (χ4v) is 4.02. The maximum atomic E-state index is 13.1. The molecule has 210 valence electrons. The maximum Gasteiger partial charge on any atom is 0.331 e. The van der Waals surface area contributed by atoms with Gasteiger partial charge in [0.1, 0.15) is 0 Å². The Kier molecular flexibility index (Phi) is 8.66. The molecule has 0 atom stereocenters. The number of rotatable bonds is 6. The van der Waals surface area contributed by atoms with Crippen LogP contribution in [-0.4, -0.2) is 68.1 Å². The van der Waals surface area contributed by atoms with Gasteiger partial charge in [-0.25, -0.2) is 29.4 Å². The second-order valence-electron chi connectivity index (χ2n) is 9.12. The van der Waals surface area contributed by atoms with Crippen LogP contribution in [0.1, 0.15) is 50.3 Å². The Bertz CT molecular complexity index is 1510. The summed E-state index contributed by atoms with van der Waals surface area (Å²) in [5.41, 5.74) is -0.0852. The molecule has 12 nitrogen and oxygen atoms in total. The van der Waals surface area contributed by atoms with E-state index < -0.39 is 35.6 Å². The van der Waals surface area contributed by atoms with Gasteiger partial charge in [0.2, 0.25) is 0 Å². The molecule has 0 heterocycles. The number of allylic oxidation sites excluding steroid dienone is 9. The first kappa shape index (κ1) is 29.1. The van der Waals surface area contributed by atoms with E-state index >= 15 is 0 Å². The number of aliphatic imine (C=N–C) groups is 3. The van der Waals surface area contributed by atoms with Crippen molar-refractivity contribution < 1.29 is 44.1 Å². The van der Waals surface area contributed by atoms with E-state index in [1.807, 2.05) is 0 Å². The number of benzene rings is 1. The molecule has 0 aromatic heterocycles. The van der Waals surface area contributed by atoms with Crippen LogP contribution in [0.3, 0.4) is 0 Å². The standard InChI is InChI=1S/C30H21N3O9/c34-25(31-22-7-1-4-16(13-22)28(37)38)19-10-20(26(35)32-23-8-2-5-17(14-23)29(39)40)12-21(11-19)27(36)33-24-9-3-6-18(15-24)30(41)42/h1-12H,13-15H2,(H,37,38)(H,39,40)(H,41,42). The van der Waals surface area contributed by atoms with Crippen molar-refractivity contribution in [2.75, 3.05) is 0 Å².